The zero-order chi connectivity index (χ0) is 30.5. The molecule has 6 rings (SSSR count). The highest BCUT2D eigenvalue weighted by Crippen LogP contribution is 2.49. The fourth-order valence-corrected chi connectivity index (χ4v) is 11.3. The summed E-state index contributed by atoms with van der Waals surface area (Å²) in [6.45, 7) is 0. The zero-order valence-corrected chi connectivity index (χ0v) is 27.6. The van der Waals surface area contributed by atoms with Gasteiger partial charge in [-0.2, -0.15) is 0 Å². The van der Waals surface area contributed by atoms with Crippen molar-refractivity contribution in [2.45, 2.75) is 0 Å². The molecule has 0 heterocycles. The van der Waals surface area contributed by atoms with Crippen molar-refractivity contribution >= 4 is 70.9 Å². The Morgan fingerprint density at radius 1 is 0.386 bits per heavy atom. The predicted octanol–water partition coefficient (Wildman–Crippen LogP) is 8.19. The lowest BCUT2D eigenvalue weighted by Crippen LogP contribution is -2.27. The van der Waals surface area contributed by atoms with Crippen LogP contribution >= 0.6 is 39.0 Å². The number of hydrogen-bond acceptors (Lipinski definition) is 2. The molecule has 0 radical (unpaired) electrons. The smallest absolute Gasteiger partial charge is 0.127 e. The quantitative estimate of drug-likeness (QED) is 0.147. The Hall–Kier alpha value is -3.64. The largest absolute Gasteiger partial charge is 0.496 e. The summed E-state index contributed by atoms with van der Waals surface area (Å²) in [5, 5.41) is 8.05. The van der Waals surface area contributed by atoms with Crippen LogP contribution in [0, 0.1) is 0 Å². The van der Waals surface area contributed by atoms with Gasteiger partial charge < -0.3 is 9.47 Å². The van der Waals surface area contributed by atoms with Gasteiger partial charge in [0.2, 0.25) is 0 Å². The Labute approximate surface area is 271 Å². The molecule has 0 unspecified atom stereocenters. The first kappa shape index (κ1) is 30.4. The van der Waals surface area contributed by atoms with Gasteiger partial charge in [-0.05, 0) is 61.3 Å². The highest BCUT2D eigenvalue weighted by molar-refractivity contribution is 7.81. The fourth-order valence-electron chi connectivity index (χ4n) is 5.48. The summed E-state index contributed by atoms with van der Waals surface area (Å²) in [5.41, 5.74) is 1.79. The van der Waals surface area contributed by atoms with Crippen LogP contribution in [0.1, 0.15) is 0 Å². The Kier molecular flexibility index (Phi) is 9.66. The highest BCUT2D eigenvalue weighted by Gasteiger charge is 2.32. The summed E-state index contributed by atoms with van der Waals surface area (Å²) < 4.78 is 12.3. The molecule has 0 amide bonds. The second-order valence-corrected chi connectivity index (χ2v) is 15.1. The number of rotatable bonds is 9. The minimum atomic E-state index is -1.10. The van der Waals surface area contributed by atoms with Crippen LogP contribution in [0.5, 0.6) is 11.5 Å². The maximum atomic E-state index is 7.30. The Balaban J connectivity index is 1.75. The zero-order valence-electron chi connectivity index (χ0n) is 24.3. The molecule has 0 N–H and O–H groups in total. The van der Waals surface area contributed by atoms with E-state index in [0.717, 1.165) is 21.7 Å². The molecule has 0 spiro atoms. The highest BCUT2D eigenvalue weighted by atomic mass is 35.5. The maximum Gasteiger partial charge on any atom is 0.127 e. The molecule has 0 atom stereocenters. The lowest BCUT2D eigenvalue weighted by atomic mass is 10.0. The van der Waals surface area contributed by atoms with Gasteiger partial charge >= 0.3 is 0 Å². The van der Waals surface area contributed by atoms with Crippen LogP contribution in [0.4, 0.5) is 0 Å². The first-order valence-corrected chi connectivity index (χ1v) is 17.6. The van der Waals surface area contributed by atoms with Gasteiger partial charge in [-0.1, -0.05) is 145 Å². The van der Waals surface area contributed by atoms with Gasteiger partial charge in [0.25, 0.3) is 0 Å². The van der Waals surface area contributed by atoms with Gasteiger partial charge in [-0.25, -0.2) is 0 Å². The van der Waals surface area contributed by atoms with Crippen molar-refractivity contribution < 1.29 is 9.47 Å². The van der Waals surface area contributed by atoms with Crippen molar-refractivity contribution in [1.29, 1.82) is 0 Å². The first-order chi connectivity index (χ1) is 21.6. The van der Waals surface area contributed by atoms with Gasteiger partial charge in [-0.15, -0.1) is 0 Å². The molecule has 6 aromatic carbocycles. The second-order valence-electron chi connectivity index (χ2n) is 9.96. The van der Waals surface area contributed by atoms with Crippen LogP contribution in [0.25, 0.3) is 11.1 Å². The van der Waals surface area contributed by atoms with Gasteiger partial charge in [0, 0.05) is 31.8 Å². The standard InChI is InChI=1S/C38H30Cl2O2P2/c1-41-33-25-23-31(39)37(43(27-15-7-3-8-16-27)28-17-9-4-10-18-28)35(33)36-34(42-2)26-24-32(40)38(36)44(29-19-11-5-12-20-29)30-21-13-6-14-22-30/h3-26H,1-2H3. The van der Waals surface area contributed by atoms with Crippen LogP contribution in [0.2, 0.25) is 10.0 Å². The van der Waals surface area contributed by atoms with E-state index in [0.29, 0.717) is 21.5 Å². The number of ether oxygens (including phenoxy) is 2. The van der Waals surface area contributed by atoms with Crippen molar-refractivity contribution in [2.24, 2.45) is 0 Å². The molecule has 0 aromatic heterocycles. The molecule has 0 aliphatic rings. The number of methoxy groups -OCH3 is 2. The molecule has 2 nitrogen and oxygen atoms in total. The summed E-state index contributed by atoms with van der Waals surface area (Å²) in [4.78, 5) is 0. The van der Waals surface area contributed by atoms with E-state index >= 15 is 0 Å². The Morgan fingerprint density at radius 2 is 0.659 bits per heavy atom. The number of benzene rings is 6. The molecular weight excluding hydrogens is 621 g/mol. The van der Waals surface area contributed by atoms with E-state index in [2.05, 4.69) is 97.1 Å². The maximum absolute atomic E-state index is 7.30. The van der Waals surface area contributed by atoms with E-state index in [1.807, 2.05) is 48.5 Å². The van der Waals surface area contributed by atoms with E-state index in [1.54, 1.807) is 14.2 Å². The number of halogens is 2. The Bertz CT molecular complexity index is 1630. The number of hydrogen-bond donors (Lipinski definition) is 0. The van der Waals surface area contributed by atoms with E-state index < -0.39 is 15.8 Å². The molecule has 0 bridgehead atoms. The van der Waals surface area contributed by atoms with Crippen LogP contribution < -0.4 is 41.3 Å². The molecule has 0 aliphatic carbocycles. The lowest BCUT2D eigenvalue weighted by Gasteiger charge is -2.29. The van der Waals surface area contributed by atoms with Crippen LogP contribution in [-0.4, -0.2) is 14.2 Å². The van der Waals surface area contributed by atoms with E-state index in [4.69, 9.17) is 32.7 Å². The average Bonchev–Trinajstić information content (AvgIpc) is 3.08. The fraction of sp³-hybridized carbons (Fsp3) is 0.0526. The van der Waals surface area contributed by atoms with Crippen molar-refractivity contribution in [3.8, 4) is 22.6 Å². The minimum Gasteiger partial charge on any atom is -0.496 e. The average molecular weight is 652 g/mol. The molecule has 6 aromatic rings. The van der Waals surface area contributed by atoms with E-state index in [-0.39, 0.29) is 0 Å². The van der Waals surface area contributed by atoms with E-state index in [9.17, 15) is 0 Å². The van der Waals surface area contributed by atoms with Gasteiger partial charge in [0.15, 0.2) is 0 Å². The summed E-state index contributed by atoms with van der Waals surface area (Å²) in [5.74, 6) is 1.42. The van der Waals surface area contributed by atoms with Crippen molar-refractivity contribution in [1.82, 2.24) is 0 Å². The third-order valence-electron chi connectivity index (χ3n) is 7.38. The third kappa shape index (κ3) is 6.01. The van der Waals surface area contributed by atoms with Crippen molar-refractivity contribution in [3.63, 3.8) is 0 Å². The molecule has 0 saturated heterocycles. The second kappa shape index (κ2) is 14.0. The molecule has 0 aliphatic heterocycles. The molecule has 218 valence electrons. The Morgan fingerprint density at radius 3 is 0.909 bits per heavy atom. The molecule has 44 heavy (non-hydrogen) atoms. The summed E-state index contributed by atoms with van der Waals surface area (Å²) in [6.07, 6.45) is 0. The SMILES string of the molecule is COc1ccc(Cl)c(P(c2ccccc2)c2ccccc2)c1-c1c(OC)ccc(Cl)c1P(c1ccccc1)c1ccccc1. The topological polar surface area (TPSA) is 18.5 Å². The van der Waals surface area contributed by atoms with Crippen LogP contribution in [0.3, 0.4) is 0 Å². The summed E-state index contributed by atoms with van der Waals surface area (Å²) in [6, 6.07) is 50.0. The molecular formula is C38H30Cl2O2P2. The third-order valence-corrected chi connectivity index (χ3v) is 13.4. The van der Waals surface area contributed by atoms with Crippen molar-refractivity contribution in [3.05, 3.63) is 156 Å². The summed E-state index contributed by atoms with van der Waals surface area (Å²) >= 11 is 14.6. The van der Waals surface area contributed by atoms with Crippen molar-refractivity contribution in [2.75, 3.05) is 14.2 Å². The van der Waals surface area contributed by atoms with Gasteiger partial charge in [-0.3, -0.25) is 0 Å². The van der Waals surface area contributed by atoms with Crippen LogP contribution in [-0.2, 0) is 0 Å². The van der Waals surface area contributed by atoms with E-state index in [1.165, 1.54) is 21.2 Å². The molecule has 0 fully saturated rings. The first-order valence-electron chi connectivity index (χ1n) is 14.2. The molecule has 6 heteroatoms. The minimum absolute atomic E-state index is 0.663. The predicted molar refractivity (Wildman–Crippen MR) is 192 cm³/mol. The lowest BCUT2D eigenvalue weighted by molar-refractivity contribution is 0.411. The summed E-state index contributed by atoms with van der Waals surface area (Å²) in [7, 11) is 1.20. The van der Waals surface area contributed by atoms with Gasteiger partial charge in [0.05, 0.1) is 14.2 Å². The van der Waals surface area contributed by atoms with Crippen LogP contribution in [0.15, 0.2) is 146 Å². The molecule has 0 saturated carbocycles. The normalized spacial score (nSPS) is 11.1. The monoisotopic (exact) mass is 650 g/mol. The van der Waals surface area contributed by atoms with Gasteiger partial charge in [0.1, 0.15) is 11.5 Å².